The minimum atomic E-state index is -0.230. The molecule has 0 saturated carbocycles. The van der Waals surface area contributed by atoms with Crippen LogP contribution in [0.15, 0.2) is 61.2 Å². The summed E-state index contributed by atoms with van der Waals surface area (Å²) < 4.78 is 16.3. The lowest BCUT2D eigenvalue weighted by molar-refractivity contribution is -0.127. The van der Waals surface area contributed by atoms with Gasteiger partial charge in [-0.25, -0.2) is 9.37 Å². The maximum atomic E-state index is 14.2. The lowest BCUT2D eigenvalue weighted by atomic mass is 10.1. The molecule has 3 aromatic rings. The van der Waals surface area contributed by atoms with Gasteiger partial charge >= 0.3 is 0 Å². The molecular weight excluding hydrogens is 329 g/mol. The van der Waals surface area contributed by atoms with Gasteiger partial charge in [0.15, 0.2) is 0 Å². The zero-order chi connectivity index (χ0) is 18.1. The van der Waals surface area contributed by atoms with Crippen LogP contribution in [0.2, 0.25) is 0 Å². The molecule has 4 rings (SSSR count). The quantitative estimate of drug-likeness (QED) is 0.659. The second kappa shape index (κ2) is 6.75. The number of aromatic nitrogens is 2. The molecule has 1 saturated heterocycles. The molecular formula is C21H20FN3O. The predicted octanol–water partition coefficient (Wildman–Crippen LogP) is 3.73. The number of benzene rings is 2. The minimum absolute atomic E-state index is 0.00150. The van der Waals surface area contributed by atoms with E-state index >= 15 is 0 Å². The average molecular weight is 349 g/mol. The number of imidazole rings is 1. The minimum Gasteiger partial charge on any atom is -0.338 e. The molecule has 4 nitrogen and oxygen atoms in total. The number of carbonyl (C=O) groups is 1. The number of halogens is 1. The molecule has 5 heteroatoms. The van der Waals surface area contributed by atoms with Gasteiger partial charge in [-0.2, -0.15) is 0 Å². The smallest absolute Gasteiger partial charge is 0.223 e. The summed E-state index contributed by atoms with van der Waals surface area (Å²) in [5, 5.41) is 0. The highest BCUT2D eigenvalue weighted by molar-refractivity contribution is 5.81. The summed E-state index contributed by atoms with van der Waals surface area (Å²) in [5.74, 6) is 0.724. The Morgan fingerprint density at radius 1 is 1.19 bits per heavy atom. The monoisotopic (exact) mass is 349 g/mol. The van der Waals surface area contributed by atoms with Crippen LogP contribution >= 0.6 is 0 Å². The van der Waals surface area contributed by atoms with Crippen LogP contribution in [0.3, 0.4) is 0 Å². The third kappa shape index (κ3) is 2.90. The van der Waals surface area contributed by atoms with E-state index in [1.165, 1.54) is 6.07 Å². The number of para-hydroxylation sites is 2. The molecule has 0 radical (unpaired) electrons. The van der Waals surface area contributed by atoms with E-state index < -0.39 is 0 Å². The zero-order valence-corrected chi connectivity index (χ0v) is 14.4. The van der Waals surface area contributed by atoms with E-state index in [0.717, 1.165) is 16.9 Å². The Morgan fingerprint density at radius 3 is 2.77 bits per heavy atom. The molecule has 2 heterocycles. The lowest BCUT2D eigenvalue weighted by Gasteiger charge is -2.16. The molecule has 132 valence electrons. The predicted molar refractivity (Wildman–Crippen MR) is 99.4 cm³/mol. The Balaban J connectivity index is 1.76. The van der Waals surface area contributed by atoms with Crippen LogP contribution in [0.4, 0.5) is 4.39 Å². The van der Waals surface area contributed by atoms with Gasteiger partial charge < -0.3 is 9.47 Å². The van der Waals surface area contributed by atoms with Gasteiger partial charge in [-0.05, 0) is 18.2 Å². The fourth-order valence-corrected chi connectivity index (χ4v) is 3.65. The van der Waals surface area contributed by atoms with E-state index in [4.69, 9.17) is 4.98 Å². The number of likely N-dealkylation sites (tertiary alicyclic amines) is 1. The van der Waals surface area contributed by atoms with Crippen molar-refractivity contribution in [3.05, 3.63) is 78.4 Å². The number of hydrogen-bond donors (Lipinski definition) is 0. The standard InChI is InChI=1S/C21H20FN3O/c1-2-11-24-13-16(12-20(24)26)21-23-18-9-5-6-10-19(18)25(21)14-15-7-3-4-8-17(15)22/h2-10,16H,1,11-14H2/t16-/m0/s1. The van der Waals surface area contributed by atoms with Gasteiger partial charge in [0.25, 0.3) is 0 Å². The zero-order valence-electron chi connectivity index (χ0n) is 14.4. The van der Waals surface area contributed by atoms with Gasteiger partial charge in [0.05, 0.1) is 17.6 Å². The van der Waals surface area contributed by atoms with Crippen molar-refractivity contribution in [2.75, 3.05) is 13.1 Å². The van der Waals surface area contributed by atoms with Gasteiger partial charge in [-0.1, -0.05) is 36.4 Å². The van der Waals surface area contributed by atoms with Gasteiger partial charge in [0.2, 0.25) is 5.91 Å². The molecule has 1 amide bonds. The summed E-state index contributed by atoms with van der Waals surface area (Å²) in [6.07, 6.45) is 2.16. The van der Waals surface area contributed by atoms with Crippen molar-refractivity contribution in [1.29, 1.82) is 0 Å². The molecule has 0 N–H and O–H groups in total. The van der Waals surface area contributed by atoms with Crippen LogP contribution in [0.25, 0.3) is 11.0 Å². The van der Waals surface area contributed by atoms with Crippen LogP contribution in [0.1, 0.15) is 23.7 Å². The molecule has 1 fully saturated rings. The fourth-order valence-electron chi connectivity index (χ4n) is 3.65. The van der Waals surface area contributed by atoms with Crippen molar-refractivity contribution in [2.24, 2.45) is 0 Å². The van der Waals surface area contributed by atoms with Gasteiger partial charge in [0, 0.05) is 31.0 Å². The molecule has 0 aliphatic carbocycles. The van der Waals surface area contributed by atoms with Crippen molar-refractivity contribution in [2.45, 2.75) is 18.9 Å². The topological polar surface area (TPSA) is 38.1 Å². The highest BCUT2D eigenvalue weighted by atomic mass is 19.1. The first-order valence-corrected chi connectivity index (χ1v) is 8.74. The summed E-state index contributed by atoms with van der Waals surface area (Å²) in [5.41, 5.74) is 2.44. The van der Waals surface area contributed by atoms with Crippen LogP contribution < -0.4 is 0 Å². The normalized spacial score (nSPS) is 17.2. The molecule has 1 aliphatic heterocycles. The van der Waals surface area contributed by atoms with Crippen LogP contribution in [-0.4, -0.2) is 33.4 Å². The van der Waals surface area contributed by atoms with Crippen LogP contribution in [0.5, 0.6) is 0 Å². The van der Waals surface area contributed by atoms with Gasteiger partial charge in [-0.15, -0.1) is 6.58 Å². The Morgan fingerprint density at radius 2 is 1.96 bits per heavy atom. The van der Waals surface area contributed by atoms with Crippen molar-refractivity contribution in [3.8, 4) is 0 Å². The second-order valence-corrected chi connectivity index (χ2v) is 6.62. The Labute approximate surface area is 151 Å². The Bertz CT molecular complexity index is 978. The maximum absolute atomic E-state index is 14.2. The summed E-state index contributed by atoms with van der Waals surface area (Å²) in [4.78, 5) is 18.8. The number of amides is 1. The Kier molecular flexibility index (Phi) is 4.29. The molecule has 0 bridgehead atoms. The number of carbonyl (C=O) groups excluding carboxylic acids is 1. The third-order valence-electron chi connectivity index (χ3n) is 4.90. The summed E-state index contributed by atoms with van der Waals surface area (Å²) in [6.45, 7) is 5.28. The first-order valence-electron chi connectivity index (χ1n) is 8.74. The van der Waals surface area contributed by atoms with E-state index in [2.05, 4.69) is 6.58 Å². The number of fused-ring (bicyclic) bond motifs is 1. The first-order chi connectivity index (χ1) is 12.7. The van der Waals surface area contributed by atoms with Crippen molar-refractivity contribution < 1.29 is 9.18 Å². The average Bonchev–Trinajstić information content (AvgIpc) is 3.18. The lowest BCUT2D eigenvalue weighted by Crippen LogP contribution is -2.25. The Hall–Kier alpha value is -2.95. The van der Waals surface area contributed by atoms with E-state index in [1.807, 2.05) is 34.9 Å². The molecule has 26 heavy (non-hydrogen) atoms. The van der Waals surface area contributed by atoms with E-state index in [-0.39, 0.29) is 17.6 Å². The largest absolute Gasteiger partial charge is 0.338 e. The highest BCUT2D eigenvalue weighted by Crippen LogP contribution is 2.31. The summed E-state index contributed by atoms with van der Waals surface area (Å²) >= 11 is 0. The van der Waals surface area contributed by atoms with E-state index in [9.17, 15) is 9.18 Å². The highest BCUT2D eigenvalue weighted by Gasteiger charge is 2.33. The van der Waals surface area contributed by atoms with E-state index in [0.29, 0.717) is 31.6 Å². The summed E-state index contributed by atoms with van der Waals surface area (Å²) in [7, 11) is 0. The van der Waals surface area contributed by atoms with Crippen LogP contribution in [0, 0.1) is 5.82 Å². The molecule has 1 aliphatic rings. The van der Waals surface area contributed by atoms with Gasteiger partial charge in [-0.3, -0.25) is 4.79 Å². The second-order valence-electron chi connectivity index (χ2n) is 6.62. The van der Waals surface area contributed by atoms with Crippen LogP contribution in [-0.2, 0) is 11.3 Å². The SMILES string of the molecule is C=CCN1C[C@@H](c2nc3ccccc3n2Cc2ccccc2F)CC1=O. The van der Waals surface area contributed by atoms with E-state index in [1.54, 1.807) is 23.1 Å². The molecule has 0 unspecified atom stereocenters. The number of hydrogen-bond acceptors (Lipinski definition) is 2. The maximum Gasteiger partial charge on any atom is 0.223 e. The fraction of sp³-hybridized carbons (Fsp3) is 0.238. The van der Waals surface area contributed by atoms with Crippen molar-refractivity contribution in [3.63, 3.8) is 0 Å². The molecule has 1 aromatic heterocycles. The number of rotatable bonds is 5. The van der Waals surface area contributed by atoms with Crippen molar-refractivity contribution >= 4 is 16.9 Å². The third-order valence-corrected chi connectivity index (χ3v) is 4.90. The molecule has 1 atom stereocenters. The first kappa shape index (κ1) is 16.5. The molecule has 0 spiro atoms. The summed E-state index contributed by atoms with van der Waals surface area (Å²) in [6, 6.07) is 14.6. The number of nitrogens with zero attached hydrogens (tertiary/aromatic N) is 3. The van der Waals surface area contributed by atoms with Crippen molar-refractivity contribution in [1.82, 2.24) is 14.5 Å². The molecule has 2 aromatic carbocycles. The van der Waals surface area contributed by atoms with Gasteiger partial charge in [0.1, 0.15) is 11.6 Å².